The highest BCUT2D eigenvalue weighted by molar-refractivity contribution is 7.91. The molecule has 0 saturated carbocycles. The average molecular weight is 218 g/mol. The van der Waals surface area contributed by atoms with E-state index in [1.807, 2.05) is 0 Å². The predicted octanol–water partition coefficient (Wildman–Crippen LogP) is 0.928. The topological polar surface area (TPSA) is 50.3 Å². The van der Waals surface area contributed by atoms with E-state index in [-0.39, 0.29) is 4.34 Å². The first kappa shape index (κ1) is 9.11. The minimum atomic E-state index is -3.25. The molecule has 6 heteroatoms. The van der Waals surface area contributed by atoms with Crippen molar-refractivity contribution in [1.82, 2.24) is 9.29 Å². The van der Waals surface area contributed by atoms with Gasteiger partial charge in [-0.2, -0.15) is 4.31 Å². The molecule has 0 unspecified atom stereocenters. The highest BCUT2D eigenvalue weighted by Crippen LogP contribution is 2.21. The third kappa shape index (κ3) is 1.61. The highest BCUT2D eigenvalue weighted by atomic mass is 32.2. The van der Waals surface area contributed by atoms with Gasteiger partial charge in [-0.25, -0.2) is 13.4 Å². The standard InChI is InChI=1S/C7H10N2O2S2/c10-13(11,7-8-3-6-12-7)9-4-1-2-5-9/h3,6H,1-2,4-5H2. The van der Waals surface area contributed by atoms with E-state index >= 15 is 0 Å². The fourth-order valence-corrected chi connectivity index (χ4v) is 3.86. The lowest BCUT2D eigenvalue weighted by molar-refractivity contribution is 0.477. The summed E-state index contributed by atoms with van der Waals surface area (Å²) in [6.07, 6.45) is 3.45. The van der Waals surface area contributed by atoms with Gasteiger partial charge in [0.1, 0.15) is 0 Å². The Balaban J connectivity index is 2.30. The van der Waals surface area contributed by atoms with Crippen LogP contribution in [0.1, 0.15) is 12.8 Å². The van der Waals surface area contributed by atoms with Crippen molar-refractivity contribution >= 4 is 21.4 Å². The van der Waals surface area contributed by atoms with Crippen molar-refractivity contribution < 1.29 is 8.42 Å². The van der Waals surface area contributed by atoms with Crippen LogP contribution >= 0.6 is 11.3 Å². The quantitative estimate of drug-likeness (QED) is 0.742. The number of aromatic nitrogens is 1. The van der Waals surface area contributed by atoms with Gasteiger partial charge in [0.15, 0.2) is 0 Å². The minimum Gasteiger partial charge on any atom is -0.233 e. The van der Waals surface area contributed by atoms with Gasteiger partial charge in [-0.05, 0) is 12.8 Å². The van der Waals surface area contributed by atoms with Crippen LogP contribution in [0.15, 0.2) is 15.9 Å². The lowest BCUT2D eigenvalue weighted by Crippen LogP contribution is -2.27. The summed E-state index contributed by atoms with van der Waals surface area (Å²) in [6, 6.07) is 0. The molecule has 1 aromatic rings. The largest absolute Gasteiger partial charge is 0.270 e. The van der Waals surface area contributed by atoms with E-state index in [0.29, 0.717) is 13.1 Å². The van der Waals surface area contributed by atoms with Crippen LogP contribution < -0.4 is 0 Å². The number of nitrogens with zero attached hydrogens (tertiary/aromatic N) is 2. The fourth-order valence-electron chi connectivity index (χ4n) is 1.38. The van der Waals surface area contributed by atoms with Crippen LogP contribution in [0.5, 0.6) is 0 Å². The van der Waals surface area contributed by atoms with Gasteiger partial charge in [0, 0.05) is 24.7 Å². The van der Waals surface area contributed by atoms with Crippen molar-refractivity contribution in [2.45, 2.75) is 17.2 Å². The summed E-state index contributed by atoms with van der Waals surface area (Å²) in [4.78, 5) is 3.82. The second kappa shape index (κ2) is 3.36. The number of sulfonamides is 1. The Morgan fingerprint density at radius 2 is 2.08 bits per heavy atom. The molecule has 0 bridgehead atoms. The van der Waals surface area contributed by atoms with E-state index in [4.69, 9.17) is 0 Å². The molecule has 0 aliphatic carbocycles. The summed E-state index contributed by atoms with van der Waals surface area (Å²) in [7, 11) is -3.25. The van der Waals surface area contributed by atoms with Crippen molar-refractivity contribution in [1.29, 1.82) is 0 Å². The molecule has 0 aromatic carbocycles. The molecule has 1 fully saturated rings. The van der Waals surface area contributed by atoms with Gasteiger partial charge in [0.25, 0.3) is 10.0 Å². The Bertz CT molecular complexity index is 365. The van der Waals surface area contributed by atoms with Crippen LogP contribution in [0.3, 0.4) is 0 Å². The van der Waals surface area contributed by atoms with Gasteiger partial charge in [-0.3, -0.25) is 0 Å². The minimum absolute atomic E-state index is 0.217. The molecule has 72 valence electrons. The summed E-state index contributed by atoms with van der Waals surface area (Å²) in [5.41, 5.74) is 0. The van der Waals surface area contributed by atoms with Gasteiger partial charge >= 0.3 is 0 Å². The molecule has 0 N–H and O–H groups in total. The average Bonchev–Trinajstić information content (AvgIpc) is 2.78. The number of hydrogen-bond donors (Lipinski definition) is 0. The van der Waals surface area contributed by atoms with Gasteiger partial charge in [-0.1, -0.05) is 0 Å². The van der Waals surface area contributed by atoms with Crippen molar-refractivity contribution in [3.63, 3.8) is 0 Å². The zero-order chi connectivity index (χ0) is 9.31. The first-order valence-electron chi connectivity index (χ1n) is 4.11. The Morgan fingerprint density at radius 3 is 2.62 bits per heavy atom. The smallest absolute Gasteiger partial charge is 0.233 e. The van der Waals surface area contributed by atoms with E-state index in [1.54, 1.807) is 5.38 Å². The Hall–Kier alpha value is -0.460. The first-order valence-corrected chi connectivity index (χ1v) is 6.43. The predicted molar refractivity (Wildman–Crippen MR) is 50.1 cm³/mol. The highest BCUT2D eigenvalue weighted by Gasteiger charge is 2.28. The second-order valence-electron chi connectivity index (χ2n) is 2.91. The molecule has 0 atom stereocenters. The molecule has 2 rings (SSSR count). The Labute approximate surface area is 81.3 Å². The van der Waals surface area contributed by atoms with Crippen molar-refractivity contribution in [3.05, 3.63) is 11.6 Å². The van der Waals surface area contributed by atoms with Crippen molar-refractivity contribution in [3.8, 4) is 0 Å². The maximum Gasteiger partial charge on any atom is 0.270 e. The molecular formula is C7H10N2O2S2. The van der Waals surface area contributed by atoms with E-state index in [0.717, 1.165) is 12.8 Å². The van der Waals surface area contributed by atoms with Crippen molar-refractivity contribution in [2.75, 3.05) is 13.1 Å². The van der Waals surface area contributed by atoms with Gasteiger partial charge in [0.2, 0.25) is 4.34 Å². The summed E-state index contributed by atoms with van der Waals surface area (Å²) >= 11 is 1.18. The SMILES string of the molecule is O=S(=O)(c1nccs1)N1CCCC1. The summed E-state index contributed by atoms with van der Waals surface area (Å²) in [5, 5.41) is 1.68. The van der Waals surface area contributed by atoms with Crippen LogP contribution in [-0.2, 0) is 10.0 Å². The third-order valence-corrected chi connectivity index (χ3v) is 5.11. The molecule has 1 aromatic heterocycles. The third-order valence-electron chi connectivity index (χ3n) is 2.04. The van der Waals surface area contributed by atoms with Gasteiger partial charge in [0.05, 0.1) is 0 Å². The van der Waals surface area contributed by atoms with E-state index in [9.17, 15) is 8.42 Å². The molecule has 0 radical (unpaired) electrons. The van der Waals surface area contributed by atoms with Crippen LogP contribution in [0.2, 0.25) is 0 Å². The zero-order valence-electron chi connectivity index (χ0n) is 7.01. The molecule has 13 heavy (non-hydrogen) atoms. The number of rotatable bonds is 2. The second-order valence-corrected chi connectivity index (χ2v) is 5.92. The summed E-state index contributed by atoms with van der Waals surface area (Å²) in [5.74, 6) is 0. The van der Waals surface area contributed by atoms with E-state index < -0.39 is 10.0 Å². The van der Waals surface area contributed by atoms with Gasteiger partial charge < -0.3 is 0 Å². The number of hydrogen-bond acceptors (Lipinski definition) is 4. The molecule has 2 heterocycles. The Kier molecular flexibility index (Phi) is 2.35. The molecule has 1 saturated heterocycles. The Morgan fingerprint density at radius 1 is 1.38 bits per heavy atom. The van der Waals surface area contributed by atoms with Crippen LogP contribution in [0.25, 0.3) is 0 Å². The van der Waals surface area contributed by atoms with E-state index in [2.05, 4.69) is 4.98 Å². The maximum absolute atomic E-state index is 11.8. The fraction of sp³-hybridized carbons (Fsp3) is 0.571. The van der Waals surface area contributed by atoms with Crippen LogP contribution in [0.4, 0.5) is 0 Å². The lowest BCUT2D eigenvalue weighted by atomic mass is 10.4. The molecule has 1 aliphatic heterocycles. The molecular weight excluding hydrogens is 208 g/mol. The van der Waals surface area contributed by atoms with Crippen LogP contribution in [0, 0.1) is 0 Å². The van der Waals surface area contributed by atoms with Crippen molar-refractivity contribution in [2.24, 2.45) is 0 Å². The van der Waals surface area contributed by atoms with E-state index in [1.165, 1.54) is 21.8 Å². The first-order chi connectivity index (χ1) is 6.21. The summed E-state index contributed by atoms with van der Waals surface area (Å²) in [6.45, 7) is 1.28. The normalized spacial score (nSPS) is 19.4. The molecule has 1 aliphatic rings. The molecule has 0 amide bonds. The number of thiazole rings is 1. The lowest BCUT2D eigenvalue weighted by Gasteiger charge is -2.12. The van der Waals surface area contributed by atoms with Crippen LogP contribution in [-0.4, -0.2) is 30.8 Å². The maximum atomic E-state index is 11.8. The molecule has 4 nitrogen and oxygen atoms in total. The zero-order valence-corrected chi connectivity index (χ0v) is 8.64. The van der Waals surface area contributed by atoms with Gasteiger partial charge in [-0.15, -0.1) is 11.3 Å². The molecule has 0 spiro atoms. The summed E-state index contributed by atoms with van der Waals surface area (Å²) < 4.78 is 25.3. The monoisotopic (exact) mass is 218 g/mol.